The Morgan fingerprint density at radius 3 is 2.47 bits per heavy atom. The third-order valence-electron chi connectivity index (χ3n) is 13.1. The molecular weight excluding hydrogens is 723 g/mol. The van der Waals surface area contributed by atoms with E-state index in [0.717, 1.165) is 132 Å². The highest BCUT2D eigenvalue weighted by Gasteiger charge is 2.34. The molecule has 2 atom stereocenters. The fraction of sp³-hybridized carbons (Fsp3) is 0.455. The lowest BCUT2D eigenvalue weighted by Crippen LogP contribution is -2.53. The van der Waals surface area contributed by atoms with E-state index in [0.29, 0.717) is 23.3 Å². The number of benzene rings is 2. The smallest absolute Gasteiger partial charge is 0.254 e. The van der Waals surface area contributed by atoms with E-state index >= 15 is 0 Å². The summed E-state index contributed by atoms with van der Waals surface area (Å²) in [6.07, 6.45) is 9.94. The number of halogens is 2. The normalized spacial score (nSPS) is 22.6. The number of nitrogens with zero attached hydrogens (tertiary/aromatic N) is 9. The molecule has 8 heterocycles. The molecule has 10 rings (SSSR count). The van der Waals surface area contributed by atoms with Gasteiger partial charge in [-0.15, -0.1) is 0 Å². The van der Waals surface area contributed by atoms with Crippen LogP contribution in [0.1, 0.15) is 71.6 Å². The Hall–Kier alpha value is -4.98. The van der Waals surface area contributed by atoms with Gasteiger partial charge >= 0.3 is 0 Å². The number of hydrogen-bond acceptors (Lipinski definition) is 9. The minimum Gasteiger partial charge on any atom is -0.354 e. The minimum atomic E-state index is -0.569. The lowest BCUT2D eigenvalue weighted by Gasteiger charge is -2.43. The highest BCUT2D eigenvalue weighted by molar-refractivity contribution is 5.98. The second kappa shape index (κ2) is 15.4. The highest BCUT2D eigenvalue weighted by atomic mass is 19.1. The number of carbonyl (C=O) groups excluding carboxylic acids is 1. The first-order valence-corrected chi connectivity index (χ1v) is 20.8. The number of likely N-dealkylation sites (tertiary alicyclic amines) is 1. The monoisotopic (exact) mass is 772 g/mol. The number of rotatable bonds is 8. The third-order valence-corrected chi connectivity index (χ3v) is 13.1. The maximum atomic E-state index is 14.8. The maximum absolute atomic E-state index is 14.8. The molecule has 296 valence electrons. The average molecular weight is 773 g/mol. The van der Waals surface area contributed by atoms with Gasteiger partial charge in [0.2, 0.25) is 0 Å². The summed E-state index contributed by atoms with van der Waals surface area (Å²) in [6.45, 7) is 10.4. The molecular formula is C44H50F2N10O. The van der Waals surface area contributed by atoms with Crippen LogP contribution in [-0.2, 0) is 13.1 Å². The van der Waals surface area contributed by atoms with Gasteiger partial charge in [0.15, 0.2) is 5.65 Å². The standard InChI is InChI=1S/C44H50F2N10O/c45-32-9-11-36(38(46)25-32)40-6-3-16-54(40)42-14-19-56-43(50-42)37(27-48-56)39-5-1-7-41(49-39)53-22-20-52(21-23-53)33-12-17-51(18-13-33)28-30-8-10-35-31(24-30)29-55(44(35)57)34-4-2-15-47-26-34/h1,5,7-11,14,19,24-25,27,33-34,40,47H,2-4,6,12-13,15-18,20-23,26,28-29H2/t34?,40-/m1/s1. The van der Waals surface area contributed by atoms with Crippen LogP contribution in [0.5, 0.6) is 0 Å². The fourth-order valence-electron chi connectivity index (χ4n) is 9.99. The van der Waals surface area contributed by atoms with E-state index in [2.05, 4.69) is 65.2 Å². The molecule has 5 aromatic rings. The van der Waals surface area contributed by atoms with Crippen molar-refractivity contribution in [2.75, 3.05) is 68.7 Å². The Kier molecular flexibility index (Phi) is 9.83. The van der Waals surface area contributed by atoms with Crippen molar-refractivity contribution >= 4 is 23.2 Å². The van der Waals surface area contributed by atoms with Gasteiger partial charge in [0.1, 0.15) is 23.3 Å². The molecule has 0 saturated carbocycles. The Morgan fingerprint density at radius 1 is 0.772 bits per heavy atom. The Balaban J connectivity index is 0.749. The fourth-order valence-corrected chi connectivity index (χ4v) is 9.99. The van der Waals surface area contributed by atoms with Crippen LogP contribution in [-0.4, -0.2) is 111 Å². The van der Waals surface area contributed by atoms with Gasteiger partial charge < -0.3 is 20.0 Å². The summed E-state index contributed by atoms with van der Waals surface area (Å²) in [5.74, 6) is 0.810. The molecule has 4 fully saturated rings. The Bertz CT molecular complexity index is 2260. The van der Waals surface area contributed by atoms with Gasteiger partial charge in [-0.25, -0.2) is 23.3 Å². The maximum Gasteiger partial charge on any atom is 0.254 e. The number of hydrogen-bond donors (Lipinski definition) is 1. The molecule has 5 aliphatic rings. The van der Waals surface area contributed by atoms with E-state index in [-0.39, 0.29) is 11.9 Å². The minimum absolute atomic E-state index is 0.199. The van der Waals surface area contributed by atoms with Crippen LogP contribution in [0.15, 0.2) is 73.1 Å². The van der Waals surface area contributed by atoms with E-state index in [9.17, 15) is 13.6 Å². The molecule has 4 saturated heterocycles. The Morgan fingerprint density at radius 2 is 1.65 bits per heavy atom. The number of piperidine rings is 2. The molecule has 0 radical (unpaired) electrons. The average Bonchev–Trinajstić information content (AvgIpc) is 3.99. The zero-order valence-corrected chi connectivity index (χ0v) is 32.4. The van der Waals surface area contributed by atoms with Gasteiger partial charge in [0.25, 0.3) is 5.91 Å². The lowest BCUT2D eigenvalue weighted by molar-refractivity contribution is 0.0674. The van der Waals surface area contributed by atoms with E-state index in [1.54, 1.807) is 10.6 Å². The predicted octanol–water partition coefficient (Wildman–Crippen LogP) is 5.91. The van der Waals surface area contributed by atoms with Crippen molar-refractivity contribution in [3.05, 3.63) is 107 Å². The molecule has 0 aliphatic carbocycles. The number of carbonyl (C=O) groups is 1. The van der Waals surface area contributed by atoms with E-state index < -0.39 is 11.6 Å². The zero-order chi connectivity index (χ0) is 38.5. The highest BCUT2D eigenvalue weighted by Crippen LogP contribution is 2.37. The Labute approximate surface area is 332 Å². The number of amides is 1. The molecule has 11 nitrogen and oxygen atoms in total. The molecule has 0 spiro atoms. The molecule has 5 aliphatic heterocycles. The second-order valence-electron chi connectivity index (χ2n) is 16.5. The summed E-state index contributed by atoms with van der Waals surface area (Å²) in [6, 6.07) is 19.1. The predicted molar refractivity (Wildman–Crippen MR) is 216 cm³/mol. The van der Waals surface area contributed by atoms with Gasteiger partial charge in [-0.05, 0) is 99.6 Å². The van der Waals surface area contributed by atoms with Crippen molar-refractivity contribution in [2.45, 2.75) is 69.7 Å². The number of pyridine rings is 1. The molecule has 1 amide bonds. The summed E-state index contributed by atoms with van der Waals surface area (Å²) in [4.78, 5) is 35.1. The number of fused-ring (bicyclic) bond motifs is 2. The summed E-state index contributed by atoms with van der Waals surface area (Å²) in [5.41, 5.74) is 6.25. The van der Waals surface area contributed by atoms with Gasteiger partial charge in [-0.3, -0.25) is 14.6 Å². The van der Waals surface area contributed by atoms with Gasteiger partial charge in [-0.1, -0.05) is 24.3 Å². The third kappa shape index (κ3) is 7.14. The molecule has 0 bridgehead atoms. The lowest BCUT2D eigenvalue weighted by atomic mass is 10.0. The molecule has 1 N–H and O–H groups in total. The van der Waals surface area contributed by atoms with Crippen LogP contribution in [0.4, 0.5) is 20.4 Å². The molecule has 2 aromatic carbocycles. The van der Waals surface area contributed by atoms with Crippen molar-refractivity contribution in [3.63, 3.8) is 0 Å². The van der Waals surface area contributed by atoms with E-state index in [4.69, 9.17) is 9.97 Å². The summed E-state index contributed by atoms with van der Waals surface area (Å²) in [5, 5.41) is 8.05. The van der Waals surface area contributed by atoms with Gasteiger partial charge in [-0.2, -0.15) is 5.10 Å². The molecule has 57 heavy (non-hydrogen) atoms. The number of aromatic nitrogens is 4. The number of piperazine rings is 1. The summed E-state index contributed by atoms with van der Waals surface area (Å²) < 4.78 is 30.3. The van der Waals surface area contributed by atoms with Crippen molar-refractivity contribution in [3.8, 4) is 11.3 Å². The van der Waals surface area contributed by atoms with Crippen molar-refractivity contribution in [2.24, 2.45) is 0 Å². The van der Waals surface area contributed by atoms with E-state index in [1.165, 1.54) is 30.0 Å². The van der Waals surface area contributed by atoms with Crippen LogP contribution in [0.25, 0.3) is 16.9 Å². The SMILES string of the molecule is O=C1c2ccc(CN3CCC(N4CCN(c5cccc(-c6cnn7ccc(N8CCC[C@@H]8c8ccc(F)cc8F)nc67)n5)CC4)CC3)cc2CN1C1CCCNC1. The molecule has 1 unspecified atom stereocenters. The first kappa shape index (κ1) is 36.4. The van der Waals surface area contributed by atoms with Crippen LogP contribution in [0.3, 0.4) is 0 Å². The van der Waals surface area contributed by atoms with Crippen molar-refractivity contribution in [1.29, 1.82) is 0 Å². The van der Waals surface area contributed by atoms with Crippen LogP contribution in [0.2, 0.25) is 0 Å². The van der Waals surface area contributed by atoms with Crippen molar-refractivity contribution < 1.29 is 13.6 Å². The molecule has 3 aromatic heterocycles. The number of anilines is 2. The van der Waals surface area contributed by atoms with Crippen LogP contribution in [0, 0.1) is 11.6 Å². The largest absolute Gasteiger partial charge is 0.354 e. The zero-order valence-electron chi connectivity index (χ0n) is 32.4. The quantitative estimate of drug-likeness (QED) is 0.207. The molecule has 13 heteroatoms. The van der Waals surface area contributed by atoms with Crippen molar-refractivity contribution in [1.82, 2.24) is 39.6 Å². The number of nitrogens with one attached hydrogen (secondary N) is 1. The topological polar surface area (TPSA) is 88.4 Å². The first-order valence-electron chi connectivity index (χ1n) is 20.8. The van der Waals surface area contributed by atoms with Crippen LogP contribution < -0.4 is 15.1 Å². The summed E-state index contributed by atoms with van der Waals surface area (Å²) >= 11 is 0. The first-order chi connectivity index (χ1) is 27.9. The van der Waals surface area contributed by atoms with Gasteiger partial charge in [0.05, 0.1) is 23.5 Å². The van der Waals surface area contributed by atoms with Gasteiger partial charge in [0, 0.05) is 87.8 Å². The van der Waals surface area contributed by atoms with Crippen LogP contribution >= 0.6 is 0 Å². The second-order valence-corrected chi connectivity index (χ2v) is 16.5. The van der Waals surface area contributed by atoms with E-state index in [1.807, 2.05) is 24.5 Å². The summed E-state index contributed by atoms with van der Waals surface area (Å²) in [7, 11) is 0.